The third-order valence-electron chi connectivity index (χ3n) is 10.7. The van der Waals surface area contributed by atoms with E-state index in [0.29, 0.717) is 0 Å². The van der Waals surface area contributed by atoms with Gasteiger partial charge in [-0.15, -0.1) is 0 Å². The monoisotopic (exact) mass is 661 g/mol. The number of aromatic nitrogens is 3. The Morgan fingerprint density at radius 2 is 0.808 bits per heavy atom. The van der Waals surface area contributed by atoms with Gasteiger partial charge >= 0.3 is 0 Å². The van der Waals surface area contributed by atoms with Crippen LogP contribution in [0.1, 0.15) is 0 Å². The molecule has 242 valence electrons. The van der Waals surface area contributed by atoms with Crippen molar-refractivity contribution in [2.24, 2.45) is 0 Å². The van der Waals surface area contributed by atoms with Crippen LogP contribution in [0, 0.1) is 0 Å². The van der Waals surface area contributed by atoms with Crippen LogP contribution in [0.3, 0.4) is 0 Å². The molecule has 3 heteroatoms. The quantitative estimate of drug-likeness (QED) is 0.172. The molecule has 0 saturated heterocycles. The third-order valence-corrected chi connectivity index (χ3v) is 10.7. The van der Waals surface area contributed by atoms with Gasteiger partial charge in [-0.05, 0) is 65.7 Å². The summed E-state index contributed by atoms with van der Waals surface area (Å²) in [6.07, 6.45) is 0. The molecule has 0 radical (unpaired) electrons. The molecule has 0 spiro atoms. The lowest BCUT2D eigenvalue weighted by molar-refractivity contribution is 1.17. The van der Waals surface area contributed by atoms with Crippen molar-refractivity contribution < 1.29 is 0 Å². The first-order valence-electron chi connectivity index (χ1n) is 17.8. The van der Waals surface area contributed by atoms with Crippen LogP contribution in [0.4, 0.5) is 0 Å². The predicted octanol–water partition coefficient (Wildman–Crippen LogP) is 12.9. The molecule has 3 aromatic heterocycles. The van der Waals surface area contributed by atoms with E-state index in [1.807, 2.05) is 0 Å². The van der Waals surface area contributed by atoms with Crippen LogP contribution in [0.2, 0.25) is 0 Å². The molecular weight excluding hydrogens is 631 g/mol. The van der Waals surface area contributed by atoms with Crippen molar-refractivity contribution in [1.82, 2.24) is 14.1 Å². The Kier molecular flexibility index (Phi) is 6.25. The Morgan fingerprint density at radius 1 is 0.308 bits per heavy atom. The zero-order valence-electron chi connectivity index (χ0n) is 28.2. The summed E-state index contributed by atoms with van der Waals surface area (Å²) >= 11 is 0. The van der Waals surface area contributed by atoms with Gasteiger partial charge in [0.1, 0.15) is 0 Å². The van der Waals surface area contributed by atoms with E-state index in [2.05, 4.69) is 197 Å². The fourth-order valence-electron chi connectivity index (χ4n) is 8.44. The predicted molar refractivity (Wildman–Crippen MR) is 219 cm³/mol. The van der Waals surface area contributed by atoms with Gasteiger partial charge in [-0.1, -0.05) is 133 Å². The molecule has 0 bridgehead atoms. The molecule has 3 heterocycles. The highest BCUT2D eigenvalue weighted by Gasteiger charge is 2.20. The van der Waals surface area contributed by atoms with E-state index in [9.17, 15) is 0 Å². The molecule has 0 amide bonds. The Labute approximate surface area is 300 Å². The van der Waals surface area contributed by atoms with Crippen LogP contribution in [0.15, 0.2) is 188 Å². The Balaban J connectivity index is 1.14. The van der Waals surface area contributed by atoms with E-state index >= 15 is 0 Å². The first-order chi connectivity index (χ1) is 25.8. The first kappa shape index (κ1) is 28.8. The second-order valence-corrected chi connectivity index (χ2v) is 13.5. The smallest absolute Gasteiger partial charge is 0.0788 e. The van der Waals surface area contributed by atoms with Crippen LogP contribution >= 0.6 is 0 Å². The van der Waals surface area contributed by atoms with Crippen LogP contribution in [-0.2, 0) is 0 Å². The van der Waals surface area contributed by atoms with Crippen molar-refractivity contribution in [3.63, 3.8) is 0 Å². The van der Waals surface area contributed by atoms with E-state index in [-0.39, 0.29) is 0 Å². The second-order valence-electron chi connectivity index (χ2n) is 13.5. The molecular formula is C49H31N3. The third kappa shape index (κ3) is 4.23. The molecule has 0 aliphatic rings. The first-order valence-corrected chi connectivity index (χ1v) is 17.8. The van der Waals surface area contributed by atoms with Crippen molar-refractivity contribution in [2.45, 2.75) is 0 Å². The van der Waals surface area contributed by atoms with E-state index < -0.39 is 0 Å². The molecule has 0 unspecified atom stereocenters. The summed E-state index contributed by atoms with van der Waals surface area (Å²) in [6.45, 7) is 0. The van der Waals surface area contributed by atoms with Gasteiger partial charge in [-0.3, -0.25) is 0 Å². The van der Waals surface area contributed by atoms with E-state index in [4.69, 9.17) is 4.98 Å². The van der Waals surface area contributed by atoms with Gasteiger partial charge in [0, 0.05) is 54.6 Å². The maximum absolute atomic E-state index is 5.22. The van der Waals surface area contributed by atoms with E-state index in [0.717, 1.165) is 33.5 Å². The molecule has 8 aromatic carbocycles. The highest BCUT2D eigenvalue weighted by molar-refractivity contribution is 6.29. The zero-order valence-corrected chi connectivity index (χ0v) is 28.2. The minimum atomic E-state index is 1.00. The maximum atomic E-state index is 5.22. The van der Waals surface area contributed by atoms with Gasteiger partial charge in [0.15, 0.2) is 0 Å². The summed E-state index contributed by atoms with van der Waals surface area (Å²) in [5.41, 5.74) is 12.6. The summed E-state index contributed by atoms with van der Waals surface area (Å²) in [4.78, 5) is 5.22. The zero-order chi connectivity index (χ0) is 34.2. The van der Waals surface area contributed by atoms with Gasteiger partial charge in [0.25, 0.3) is 0 Å². The minimum absolute atomic E-state index is 1.00. The SMILES string of the molecule is c1ccc(-c2nc3ccccc3c3c2ccc2c3c3ccccc3n2-c2cccc(-c3cccc(-n4c5ccccc5c5ccccc54)c3)c2)cc1. The molecule has 0 atom stereocenters. The summed E-state index contributed by atoms with van der Waals surface area (Å²) in [5.74, 6) is 0. The summed E-state index contributed by atoms with van der Waals surface area (Å²) in [7, 11) is 0. The van der Waals surface area contributed by atoms with Crippen LogP contribution < -0.4 is 0 Å². The van der Waals surface area contributed by atoms with Crippen molar-refractivity contribution in [2.75, 3.05) is 0 Å². The van der Waals surface area contributed by atoms with Crippen LogP contribution in [0.25, 0.3) is 99.0 Å². The lowest BCUT2D eigenvalue weighted by Crippen LogP contribution is -1.96. The van der Waals surface area contributed by atoms with Crippen LogP contribution in [-0.4, -0.2) is 14.1 Å². The van der Waals surface area contributed by atoms with Crippen molar-refractivity contribution in [1.29, 1.82) is 0 Å². The minimum Gasteiger partial charge on any atom is -0.309 e. The molecule has 11 aromatic rings. The average Bonchev–Trinajstić information content (AvgIpc) is 3.74. The van der Waals surface area contributed by atoms with Crippen LogP contribution in [0.5, 0.6) is 0 Å². The van der Waals surface area contributed by atoms with E-state index in [1.54, 1.807) is 0 Å². The Morgan fingerprint density at radius 3 is 1.46 bits per heavy atom. The fraction of sp³-hybridized carbons (Fsp3) is 0. The number of hydrogen-bond acceptors (Lipinski definition) is 1. The molecule has 0 aliphatic heterocycles. The van der Waals surface area contributed by atoms with Gasteiger partial charge in [-0.2, -0.15) is 0 Å². The second kappa shape index (κ2) is 11.3. The number of fused-ring (bicyclic) bond motifs is 10. The average molecular weight is 662 g/mol. The van der Waals surface area contributed by atoms with Gasteiger partial charge in [0.05, 0.1) is 33.3 Å². The number of para-hydroxylation sites is 4. The number of nitrogens with zero attached hydrogens (tertiary/aromatic N) is 3. The normalized spacial score (nSPS) is 11.8. The molecule has 0 aliphatic carbocycles. The number of pyridine rings is 1. The molecule has 11 rings (SSSR count). The van der Waals surface area contributed by atoms with E-state index in [1.165, 1.54) is 65.5 Å². The maximum Gasteiger partial charge on any atom is 0.0788 e. The highest BCUT2D eigenvalue weighted by atomic mass is 15.0. The fourth-order valence-corrected chi connectivity index (χ4v) is 8.44. The summed E-state index contributed by atoms with van der Waals surface area (Å²) in [5, 5.41) is 8.59. The van der Waals surface area contributed by atoms with Crippen molar-refractivity contribution in [3.05, 3.63) is 188 Å². The van der Waals surface area contributed by atoms with Gasteiger partial charge in [-0.25, -0.2) is 4.98 Å². The topological polar surface area (TPSA) is 22.8 Å². The summed E-state index contributed by atoms with van der Waals surface area (Å²) in [6, 6.07) is 67.8. The van der Waals surface area contributed by atoms with Crippen molar-refractivity contribution in [3.8, 4) is 33.8 Å². The Hall–Kier alpha value is -6.97. The standard InChI is InChI=1S/C49H31N3/c1-2-14-32(15-3-1)49-41-28-29-46-48(47(41)39-22-4-8-24-42(39)50-49)40-23-7-11-27-45(40)52(46)36-19-13-17-34(31-36)33-16-12-18-35(30-33)51-43-25-9-5-20-37(43)38-21-6-10-26-44(38)51/h1-31H. The lowest BCUT2D eigenvalue weighted by atomic mass is 9.96. The number of rotatable bonds is 4. The molecule has 0 saturated carbocycles. The van der Waals surface area contributed by atoms with Gasteiger partial charge in [0.2, 0.25) is 0 Å². The van der Waals surface area contributed by atoms with Gasteiger partial charge < -0.3 is 9.13 Å². The lowest BCUT2D eigenvalue weighted by Gasteiger charge is -2.14. The Bertz CT molecular complexity index is 3130. The number of hydrogen-bond donors (Lipinski definition) is 0. The molecule has 0 fully saturated rings. The van der Waals surface area contributed by atoms with Crippen molar-refractivity contribution >= 4 is 65.3 Å². The number of benzene rings is 8. The highest BCUT2D eigenvalue weighted by Crippen LogP contribution is 2.42. The molecule has 3 nitrogen and oxygen atoms in total. The molecule has 0 N–H and O–H groups in total. The summed E-state index contributed by atoms with van der Waals surface area (Å²) < 4.78 is 4.82. The largest absolute Gasteiger partial charge is 0.309 e. The molecule has 52 heavy (non-hydrogen) atoms.